The molecule has 3 heterocycles. The smallest absolute Gasteiger partial charge is 0.399 e. The van der Waals surface area contributed by atoms with E-state index in [0.717, 1.165) is 11.2 Å². The minimum absolute atomic E-state index is 0.364. The van der Waals surface area contributed by atoms with Crippen LogP contribution in [0.2, 0.25) is 0 Å². The molecule has 1 aliphatic heterocycles. The first kappa shape index (κ1) is 14.2. The Hall–Kier alpha value is -1.79. The summed E-state index contributed by atoms with van der Waals surface area (Å²) in [5, 5.41) is 0. The highest BCUT2D eigenvalue weighted by molar-refractivity contribution is 6.61. The Morgan fingerprint density at radius 1 is 0.905 bits per heavy atom. The van der Waals surface area contributed by atoms with Gasteiger partial charge < -0.3 is 9.31 Å². The predicted octanol–water partition coefficient (Wildman–Crippen LogP) is 1.84. The van der Waals surface area contributed by atoms with Gasteiger partial charge >= 0.3 is 7.12 Å². The van der Waals surface area contributed by atoms with Crippen LogP contribution >= 0.6 is 0 Å². The summed E-state index contributed by atoms with van der Waals surface area (Å²) in [6.07, 6.45) is 5.19. The van der Waals surface area contributed by atoms with Crippen molar-refractivity contribution in [1.29, 1.82) is 0 Å². The lowest BCUT2D eigenvalue weighted by Gasteiger charge is -2.32. The Bertz CT molecular complexity index is 613. The van der Waals surface area contributed by atoms with E-state index >= 15 is 0 Å². The molecule has 0 aromatic carbocycles. The van der Waals surface area contributed by atoms with Crippen LogP contribution < -0.4 is 5.46 Å². The normalized spacial score (nSPS) is 19.7. The monoisotopic (exact) mass is 283 g/mol. The maximum Gasteiger partial charge on any atom is 0.498 e. The zero-order chi connectivity index (χ0) is 15.1. The second-order valence-corrected chi connectivity index (χ2v) is 6.14. The van der Waals surface area contributed by atoms with Gasteiger partial charge in [-0.05, 0) is 39.8 Å². The van der Waals surface area contributed by atoms with E-state index in [9.17, 15) is 0 Å². The third kappa shape index (κ3) is 2.56. The van der Waals surface area contributed by atoms with Crippen LogP contribution in [0.4, 0.5) is 0 Å². The quantitative estimate of drug-likeness (QED) is 0.787. The first-order chi connectivity index (χ1) is 9.89. The summed E-state index contributed by atoms with van der Waals surface area (Å²) in [5.41, 5.74) is 0.834. The van der Waals surface area contributed by atoms with E-state index in [4.69, 9.17) is 9.31 Å². The van der Waals surface area contributed by atoms with Crippen molar-refractivity contribution < 1.29 is 9.31 Å². The van der Waals surface area contributed by atoms with Gasteiger partial charge in [0.05, 0.1) is 11.2 Å². The topological polar surface area (TPSA) is 57.1 Å². The molecule has 0 amide bonds. The second-order valence-electron chi connectivity index (χ2n) is 6.14. The summed E-state index contributed by atoms with van der Waals surface area (Å²) in [6, 6.07) is 5.65. The molecule has 0 N–H and O–H groups in total. The van der Waals surface area contributed by atoms with Crippen LogP contribution in [0.15, 0.2) is 36.8 Å². The molecule has 0 spiro atoms. The van der Waals surface area contributed by atoms with Gasteiger partial charge in [-0.15, -0.1) is 0 Å². The Kier molecular flexibility index (Phi) is 3.30. The second kappa shape index (κ2) is 4.89. The fourth-order valence-electron chi connectivity index (χ4n) is 2.07. The fraction of sp³-hybridized carbons (Fsp3) is 0.400. The minimum Gasteiger partial charge on any atom is -0.399 e. The molecule has 6 heteroatoms. The van der Waals surface area contributed by atoms with Crippen molar-refractivity contribution in [2.45, 2.75) is 38.9 Å². The number of hydrogen-bond donors (Lipinski definition) is 0. The average molecular weight is 283 g/mol. The highest BCUT2D eigenvalue weighted by Gasteiger charge is 2.51. The molecule has 0 atom stereocenters. The molecule has 5 nitrogen and oxygen atoms in total. The van der Waals surface area contributed by atoms with Crippen molar-refractivity contribution in [3.63, 3.8) is 0 Å². The Morgan fingerprint density at radius 3 is 2.05 bits per heavy atom. The van der Waals surface area contributed by atoms with Crippen LogP contribution in [0.1, 0.15) is 27.7 Å². The van der Waals surface area contributed by atoms with E-state index < -0.39 is 7.12 Å². The molecule has 108 valence electrons. The highest BCUT2D eigenvalue weighted by Crippen LogP contribution is 2.36. The number of rotatable bonds is 2. The molecule has 0 unspecified atom stereocenters. The maximum absolute atomic E-state index is 5.98. The van der Waals surface area contributed by atoms with E-state index in [-0.39, 0.29) is 11.2 Å². The summed E-state index contributed by atoms with van der Waals surface area (Å²) in [6.45, 7) is 8.10. The van der Waals surface area contributed by atoms with Gasteiger partial charge in [-0.1, -0.05) is 6.07 Å². The van der Waals surface area contributed by atoms with Gasteiger partial charge in [0, 0.05) is 24.1 Å². The lowest BCUT2D eigenvalue weighted by atomic mass is 9.81. The van der Waals surface area contributed by atoms with Crippen molar-refractivity contribution >= 4 is 12.6 Å². The van der Waals surface area contributed by atoms with Crippen molar-refractivity contribution in [1.82, 2.24) is 15.0 Å². The number of hydrogen-bond acceptors (Lipinski definition) is 5. The van der Waals surface area contributed by atoms with Gasteiger partial charge in [-0.2, -0.15) is 0 Å². The molecule has 0 radical (unpaired) electrons. The summed E-state index contributed by atoms with van der Waals surface area (Å²) in [7, 11) is -0.437. The summed E-state index contributed by atoms with van der Waals surface area (Å²) in [5.74, 6) is 0.593. The molecule has 1 saturated heterocycles. The third-order valence-electron chi connectivity index (χ3n) is 4.09. The van der Waals surface area contributed by atoms with E-state index in [1.54, 1.807) is 18.6 Å². The number of pyridine rings is 1. The molecular formula is C15H18BN3O2. The van der Waals surface area contributed by atoms with Crippen molar-refractivity contribution in [3.8, 4) is 11.5 Å². The molecule has 1 aliphatic rings. The molecule has 2 aromatic rings. The van der Waals surface area contributed by atoms with Crippen molar-refractivity contribution in [3.05, 3.63) is 36.8 Å². The molecule has 1 fully saturated rings. The van der Waals surface area contributed by atoms with Crippen LogP contribution in [0.25, 0.3) is 11.5 Å². The van der Waals surface area contributed by atoms with E-state index in [1.807, 2.05) is 45.9 Å². The fourth-order valence-corrected chi connectivity index (χ4v) is 2.07. The first-order valence-corrected chi connectivity index (χ1v) is 6.98. The van der Waals surface area contributed by atoms with E-state index in [1.165, 1.54) is 0 Å². The standard InChI is InChI=1S/C15H18BN3O2/c1-14(2)15(3,4)21-16(20-14)11-9-18-13(19-10-11)12-7-5-6-8-17-12/h5-10H,1-4H3. The minimum atomic E-state index is -0.437. The Balaban J connectivity index is 1.83. The molecular weight excluding hydrogens is 265 g/mol. The predicted molar refractivity (Wildman–Crippen MR) is 81.0 cm³/mol. The molecule has 0 saturated carbocycles. The van der Waals surface area contributed by atoms with Gasteiger partial charge in [-0.3, -0.25) is 4.98 Å². The van der Waals surface area contributed by atoms with Gasteiger partial charge in [0.15, 0.2) is 5.82 Å². The van der Waals surface area contributed by atoms with Crippen LogP contribution in [0.5, 0.6) is 0 Å². The molecule has 0 bridgehead atoms. The van der Waals surface area contributed by atoms with E-state index in [0.29, 0.717) is 5.82 Å². The first-order valence-electron chi connectivity index (χ1n) is 6.98. The van der Waals surface area contributed by atoms with Crippen molar-refractivity contribution in [2.24, 2.45) is 0 Å². The lowest BCUT2D eigenvalue weighted by Crippen LogP contribution is -2.41. The highest BCUT2D eigenvalue weighted by atomic mass is 16.7. The summed E-state index contributed by atoms with van der Waals surface area (Å²) >= 11 is 0. The maximum atomic E-state index is 5.98. The molecule has 0 aliphatic carbocycles. The summed E-state index contributed by atoms with van der Waals surface area (Å²) < 4.78 is 12.0. The number of aromatic nitrogens is 3. The van der Waals surface area contributed by atoms with Gasteiger partial charge in [0.25, 0.3) is 0 Å². The van der Waals surface area contributed by atoms with Gasteiger partial charge in [0.2, 0.25) is 0 Å². The SMILES string of the molecule is CC1(C)OB(c2cnc(-c3ccccn3)nc2)OC1(C)C. The Morgan fingerprint density at radius 2 is 1.52 bits per heavy atom. The largest absolute Gasteiger partial charge is 0.498 e. The third-order valence-corrected chi connectivity index (χ3v) is 4.09. The van der Waals surface area contributed by atoms with Crippen LogP contribution in [-0.2, 0) is 9.31 Å². The lowest BCUT2D eigenvalue weighted by molar-refractivity contribution is 0.00578. The van der Waals surface area contributed by atoms with Gasteiger partial charge in [-0.25, -0.2) is 9.97 Å². The molecule has 3 rings (SSSR count). The van der Waals surface area contributed by atoms with Crippen LogP contribution in [-0.4, -0.2) is 33.3 Å². The summed E-state index contributed by atoms with van der Waals surface area (Å²) in [4.78, 5) is 12.9. The van der Waals surface area contributed by atoms with Crippen molar-refractivity contribution in [2.75, 3.05) is 0 Å². The average Bonchev–Trinajstić information content (AvgIpc) is 2.69. The zero-order valence-corrected chi connectivity index (χ0v) is 12.7. The van der Waals surface area contributed by atoms with Crippen LogP contribution in [0, 0.1) is 0 Å². The van der Waals surface area contributed by atoms with Crippen LogP contribution in [0.3, 0.4) is 0 Å². The van der Waals surface area contributed by atoms with E-state index in [2.05, 4.69) is 15.0 Å². The Labute approximate surface area is 124 Å². The molecule has 2 aromatic heterocycles. The van der Waals surface area contributed by atoms with Gasteiger partial charge in [0.1, 0.15) is 5.69 Å². The number of nitrogens with zero attached hydrogens (tertiary/aromatic N) is 3. The molecule has 21 heavy (non-hydrogen) atoms. The zero-order valence-electron chi connectivity index (χ0n) is 12.7.